The number of hydrogen-bond donors (Lipinski definition) is 1. The molecular formula is C17H29N3. The summed E-state index contributed by atoms with van der Waals surface area (Å²) in [7, 11) is 4.43. The maximum absolute atomic E-state index is 6.07. The number of nitrogens with two attached hydrogens (primary N) is 1. The van der Waals surface area contributed by atoms with Crippen LogP contribution in [0, 0.1) is 19.8 Å². The second-order valence-electron chi connectivity index (χ2n) is 6.40. The zero-order chi connectivity index (χ0) is 14.7. The minimum atomic E-state index is 0.334. The Morgan fingerprint density at radius 2 is 2.15 bits per heavy atom. The maximum Gasteiger partial charge on any atom is 0.0470 e. The molecular weight excluding hydrogens is 246 g/mol. The van der Waals surface area contributed by atoms with Crippen LogP contribution < -0.4 is 5.73 Å². The van der Waals surface area contributed by atoms with Crippen LogP contribution >= 0.6 is 0 Å². The zero-order valence-electron chi connectivity index (χ0n) is 13.4. The SMILES string of the molecule is Cc1cccc(C(CN)N(C)CC2CCN(C)C2)c1C. The quantitative estimate of drug-likeness (QED) is 0.894. The molecule has 2 unspecified atom stereocenters. The van der Waals surface area contributed by atoms with E-state index in [0.29, 0.717) is 12.6 Å². The van der Waals surface area contributed by atoms with Crippen LogP contribution in [0.4, 0.5) is 0 Å². The van der Waals surface area contributed by atoms with Gasteiger partial charge in [-0.3, -0.25) is 4.90 Å². The summed E-state index contributed by atoms with van der Waals surface area (Å²) in [6, 6.07) is 6.90. The lowest BCUT2D eigenvalue weighted by atomic mass is 9.96. The highest BCUT2D eigenvalue weighted by atomic mass is 15.2. The number of aryl methyl sites for hydroxylation is 1. The second-order valence-corrected chi connectivity index (χ2v) is 6.40. The standard InChI is InChI=1S/C17H29N3/c1-13-6-5-7-16(14(13)2)17(10-18)20(4)12-15-8-9-19(3)11-15/h5-7,15,17H,8-12,18H2,1-4H3. The van der Waals surface area contributed by atoms with Crippen molar-refractivity contribution in [3.8, 4) is 0 Å². The van der Waals surface area contributed by atoms with Gasteiger partial charge in [0.15, 0.2) is 0 Å². The van der Waals surface area contributed by atoms with Gasteiger partial charge in [0.2, 0.25) is 0 Å². The van der Waals surface area contributed by atoms with E-state index < -0.39 is 0 Å². The van der Waals surface area contributed by atoms with E-state index in [9.17, 15) is 0 Å². The molecule has 0 radical (unpaired) electrons. The van der Waals surface area contributed by atoms with Gasteiger partial charge in [-0.05, 0) is 63.5 Å². The Morgan fingerprint density at radius 3 is 2.75 bits per heavy atom. The van der Waals surface area contributed by atoms with Crippen molar-refractivity contribution < 1.29 is 0 Å². The Balaban J connectivity index is 2.09. The summed E-state index contributed by atoms with van der Waals surface area (Å²) in [5.41, 5.74) is 10.2. The molecule has 1 aromatic carbocycles. The first-order valence-corrected chi connectivity index (χ1v) is 7.68. The average Bonchev–Trinajstić information content (AvgIpc) is 2.81. The van der Waals surface area contributed by atoms with Crippen molar-refractivity contribution in [3.63, 3.8) is 0 Å². The molecule has 1 aromatic rings. The van der Waals surface area contributed by atoms with Crippen LogP contribution in [-0.2, 0) is 0 Å². The summed E-state index contributed by atoms with van der Waals surface area (Å²) in [5, 5.41) is 0. The Morgan fingerprint density at radius 1 is 1.40 bits per heavy atom. The van der Waals surface area contributed by atoms with Crippen LogP contribution in [0.25, 0.3) is 0 Å². The van der Waals surface area contributed by atoms with E-state index in [1.54, 1.807) is 0 Å². The van der Waals surface area contributed by atoms with Crippen molar-refractivity contribution in [2.24, 2.45) is 11.7 Å². The van der Waals surface area contributed by atoms with Crippen molar-refractivity contribution in [1.29, 1.82) is 0 Å². The molecule has 2 N–H and O–H groups in total. The monoisotopic (exact) mass is 275 g/mol. The molecule has 1 saturated heterocycles. The molecule has 3 heteroatoms. The minimum absolute atomic E-state index is 0.334. The maximum atomic E-state index is 6.07. The van der Waals surface area contributed by atoms with Crippen molar-refractivity contribution in [2.75, 3.05) is 40.3 Å². The van der Waals surface area contributed by atoms with Gasteiger partial charge in [-0.15, -0.1) is 0 Å². The molecule has 2 rings (SSSR count). The Bertz CT molecular complexity index is 444. The lowest BCUT2D eigenvalue weighted by Crippen LogP contribution is -2.35. The van der Waals surface area contributed by atoms with Crippen LogP contribution in [0.15, 0.2) is 18.2 Å². The normalized spacial score (nSPS) is 21.6. The number of rotatable bonds is 5. The fraction of sp³-hybridized carbons (Fsp3) is 0.647. The molecule has 1 fully saturated rings. The van der Waals surface area contributed by atoms with Gasteiger partial charge in [0.05, 0.1) is 0 Å². The molecule has 2 atom stereocenters. The molecule has 1 aliphatic rings. The Labute approximate surface area is 123 Å². The Hall–Kier alpha value is -0.900. The van der Waals surface area contributed by atoms with Gasteiger partial charge in [-0.1, -0.05) is 18.2 Å². The van der Waals surface area contributed by atoms with Crippen LogP contribution in [0.2, 0.25) is 0 Å². The van der Waals surface area contributed by atoms with Crippen molar-refractivity contribution in [1.82, 2.24) is 9.80 Å². The lowest BCUT2D eigenvalue weighted by molar-refractivity contribution is 0.211. The molecule has 112 valence electrons. The van der Waals surface area contributed by atoms with Gasteiger partial charge >= 0.3 is 0 Å². The van der Waals surface area contributed by atoms with Crippen molar-refractivity contribution >= 4 is 0 Å². The molecule has 1 heterocycles. The summed E-state index contributed by atoms with van der Waals surface area (Å²) in [6.45, 7) is 8.66. The van der Waals surface area contributed by atoms with Gasteiger partial charge in [0.25, 0.3) is 0 Å². The predicted molar refractivity (Wildman–Crippen MR) is 85.9 cm³/mol. The molecule has 0 bridgehead atoms. The molecule has 0 saturated carbocycles. The number of likely N-dealkylation sites (N-methyl/N-ethyl adjacent to an activating group) is 1. The smallest absolute Gasteiger partial charge is 0.0470 e. The summed E-state index contributed by atoms with van der Waals surface area (Å²) in [5.74, 6) is 0.782. The predicted octanol–water partition coefficient (Wildman–Crippen LogP) is 2.19. The summed E-state index contributed by atoms with van der Waals surface area (Å²) in [6.07, 6.45) is 1.31. The molecule has 0 amide bonds. The first-order chi connectivity index (χ1) is 9.52. The molecule has 0 aromatic heterocycles. The van der Waals surface area contributed by atoms with Crippen LogP contribution in [0.5, 0.6) is 0 Å². The highest BCUT2D eigenvalue weighted by molar-refractivity contribution is 5.35. The number of hydrogen-bond acceptors (Lipinski definition) is 3. The zero-order valence-corrected chi connectivity index (χ0v) is 13.4. The van der Waals surface area contributed by atoms with Gasteiger partial charge in [0, 0.05) is 25.7 Å². The van der Waals surface area contributed by atoms with Crippen LogP contribution in [0.3, 0.4) is 0 Å². The third kappa shape index (κ3) is 3.40. The van der Waals surface area contributed by atoms with E-state index in [2.05, 4.69) is 55.9 Å². The number of benzene rings is 1. The van der Waals surface area contributed by atoms with E-state index >= 15 is 0 Å². The van der Waals surface area contributed by atoms with E-state index in [0.717, 1.165) is 12.5 Å². The average molecular weight is 275 g/mol. The second kappa shape index (κ2) is 6.70. The third-order valence-electron chi connectivity index (χ3n) is 4.80. The van der Waals surface area contributed by atoms with Gasteiger partial charge in [-0.2, -0.15) is 0 Å². The van der Waals surface area contributed by atoms with Crippen LogP contribution in [0.1, 0.15) is 29.2 Å². The van der Waals surface area contributed by atoms with Gasteiger partial charge < -0.3 is 10.6 Å². The molecule has 3 nitrogen and oxygen atoms in total. The van der Waals surface area contributed by atoms with Crippen molar-refractivity contribution in [3.05, 3.63) is 34.9 Å². The molecule has 20 heavy (non-hydrogen) atoms. The Kier molecular flexibility index (Phi) is 5.19. The summed E-state index contributed by atoms with van der Waals surface area (Å²) in [4.78, 5) is 4.87. The van der Waals surface area contributed by atoms with E-state index in [1.165, 1.54) is 36.2 Å². The van der Waals surface area contributed by atoms with Crippen molar-refractivity contribution in [2.45, 2.75) is 26.3 Å². The topological polar surface area (TPSA) is 32.5 Å². The fourth-order valence-electron chi connectivity index (χ4n) is 3.39. The van der Waals surface area contributed by atoms with E-state index in [1.807, 2.05) is 0 Å². The van der Waals surface area contributed by atoms with E-state index in [4.69, 9.17) is 5.73 Å². The van der Waals surface area contributed by atoms with Gasteiger partial charge in [-0.25, -0.2) is 0 Å². The van der Waals surface area contributed by atoms with Crippen LogP contribution in [-0.4, -0.2) is 50.1 Å². The highest BCUT2D eigenvalue weighted by Gasteiger charge is 2.24. The molecule has 0 spiro atoms. The number of nitrogens with zero attached hydrogens (tertiary/aromatic N) is 2. The minimum Gasteiger partial charge on any atom is -0.329 e. The first-order valence-electron chi connectivity index (χ1n) is 7.68. The highest BCUT2D eigenvalue weighted by Crippen LogP contribution is 2.26. The number of likely N-dealkylation sites (tertiary alicyclic amines) is 1. The van der Waals surface area contributed by atoms with E-state index in [-0.39, 0.29) is 0 Å². The lowest BCUT2D eigenvalue weighted by Gasteiger charge is -2.31. The summed E-state index contributed by atoms with van der Waals surface area (Å²) < 4.78 is 0. The van der Waals surface area contributed by atoms with Gasteiger partial charge in [0.1, 0.15) is 0 Å². The summed E-state index contributed by atoms with van der Waals surface area (Å²) >= 11 is 0. The fourth-order valence-corrected chi connectivity index (χ4v) is 3.39. The third-order valence-corrected chi connectivity index (χ3v) is 4.80. The largest absolute Gasteiger partial charge is 0.329 e. The molecule has 1 aliphatic heterocycles. The molecule has 0 aliphatic carbocycles. The first kappa shape index (κ1) is 15.5.